The van der Waals surface area contributed by atoms with E-state index in [9.17, 15) is 0 Å². The number of nitrogens with zero attached hydrogens (tertiary/aromatic N) is 3. The smallest absolute Gasteiger partial charge is 0.234 e. The second-order valence-corrected chi connectivity index (χ2v) is 3.14. The topological polar surface area (TPSA) is 56.2 Å². The van der Waals surface area contributed by atoms with Gasteiger partial charge in [0.2, 0.25) is 5.78 Å². The largest absolute Gasteiger partial charge is 0.388 e. The minimum absolute atomic E-state index is 0.345. The van der Waals surface area contributed by atoms with Gasteiger partial charge < -0.3 is 5.73 Å². The third kappa shape index (κ3) is 1.17. The minimum atomic E-state index is 0.345. The summed E-state index contributed by atoms with van der Waals surface area (Å²) >= 11 is 4.92. The van der Waals surface area contributed by atoms with Gasteiger partial charge in [0.25, 0.3) is 0 Å². The van der Waals surface area contributed by atoms with Gasteiger partial charge in [0.1, 0.15) is 10.7 Å². The minimum Gasteiger partial charge on any atom is -0.388 e. The maximum Gasteiger partial charge on any atom is 0.234 e. The van der Waals surface area contributed by atoms with Crippen LogP contribution in [0.1, 0.15) is 11.4 Å². The Morgan fingerprint density at radius 3 is 3.08 bits per heavy atom. The Morgan fingerprint density at radius 2 is 2.38 bits per heavy atom. The van der Waals surface area contributed by atoms with Crippen LogP contribution in [0.5, 0.6) is 0 Å². The van der Waals surface area contributed by atoms with Crippen molar-refractivity contribution in [2.75, 3.05) is 0 Å². The summed E-state index contributed by atoms with van der Waals surface area (Å²) in [7, 11) is 0. The molecule has 0 aliphatic heterocycles. The molecule has 13 heavy (non-hydrogen) atoms. The van der Waals surface area contributed by atoms with Gasteiger partial charge in [-0.05, 0) is 13.0 Å². The molecule has 2 N–H and O–H groups in total. The Bertz CT molecular complexity index is 474. The average Bonchev–Trinajstić information content (AvgIpc) is 2.39. The fourth-order valence-electron chi connectivity index (χ4n) is 1.29. The maximum absolute atomic E-state index is 5.57. The number of nitrogens with two attached hydrogens (primary N) is 1. The second kappa shape index (κ2) is 2.77. The van der Waals surface area contributed by atoms with Crippen LogP contribution in [0.15, 0.2) is 18.5 Å². The van der Waals surface area contributed by atoms with E-state index in [-0.39, 0.29) is 0 Å². The number of fused-ring (bicyclic) bond motifs is 1. The average molecular weight is 192 g/mol. The zero-order valence-electron chi connectivity index (χ0n) is 7.06. The summed E-state index contributed by atoms with van der Waals surface area (Å²) < 4.78 is 1.79. The van der Waals surface area contributed by atoms with Crippen molar-refractivity contribution in [2.45, 2.75) is 6.92 Å². The van der Waals surface area contributed by atoms with Crippen LogP contribution in [0.25, 0.3) is 5.78 Å². The van der Waals surface area contributed by atoms with Gasteiger partial charge in [0, 0.05) is 12.4 Å². The number of aryl methyl sites for hydroxylation is 1. The van der Waals surface area contributed by atoms with E-state index in [4.69, 9.17) is 18.0 Å². The first-order valence-corrected chi connectivity index (χ1v) is 4.20. The molecule has 0 atom stereocenters. The lowest BCUT2D eigenvalue weighted by atomic mass is 10.3. The molecule has 0 unspecified atom stereocenters. The molecule has 0 fully saturated rings. The number of thiocarbonyl (C=S) groups is 1. The van der Waals surface area contributed by atoms with Crippen LogP contribution in [0.4, 0.5) is 0 Å². The van der Waals surface area contributed by atoms with E-state index in [1.165, 1.54) is 0 Å². The van der Waals surface area contributed by atoms with Crippen molar-refractivity contribution in [1.82, 2.24) is 14.4 Å². The normalized spacial score (nSPS) is 10.5. The molecule has 5 heteroatoms. The van der Waals surface area contributed by atoms with Crippen molar-refractivity contribution >= 4 is 23.0 Å². The lowest BCUT2D eigenvalue weighted by Crippen LogP contribution is -2.13. The molecule has 0 saturated heterocycles. The second-order valence-electron chi connectivity index (χ2n) is 2.70. The van der Waals surface area contributed by atoms with E-state index in [0.717, 1.165) is 11.4 Å². The Hall–Kier alpha value is -1.49. The van der Waals surface area contributed by atoms with Crippen molar-refractivity contribution in [3.8, 4) is 0 Å². The first kappa shape index (κ1) is 8.12. The van der Waals surface area contributed by atoms with Crippen LogP contribution in [0, 0.1) is 6.92 Å². The molecule has 0 aliphatic carbocycles. The van der Waals surface area contributed by atoms with Crippen molar-refractivity contribution in [3.05, 3.63) is 29.8 Å². The molecule has 0 bridgehead atoms. The van der Waals surface area contributed by atoms with Crippen LogP contribution >= 0.6 is 12.2 Å². The Balaban J connectivity index is 2.86. The van der Waals surface area contributed by atoms with Gasteiger partial charge in [-0.25, -0.2) is 9.97 Å². The van der Waals surface area contributed by atoms with Crippen LogP contribution < -0.4 is 5.73 Å². The highest BCUT2D eigenvalue weighted by atomic mass is 32.1. The van der Waals surface area contributed by atoms with Crippen molar-refractivity contribution in [3.63, 3.8) is 0 Å². The van der Waals surface area contributed by atoms with E-state index < -0.39 is 0 Å². The van der Waals surface area contributed by atoms with Crippen LogP contribution in [-0.4, -0.2) is 19.4 Å². The summed E-state index contributed by atoms with van der Waals surface area (Å²) in [5.41, 5.74) is 7.14. The molecule has 0 spiro atoms. The number of hydrogen-bond donors (Lipinski definition) is 1. The molecule has 0 radical (unpaired) electrons. The number of imidazole rings is 1. The Kier molecular flexibility index (Phi) is 1.73. The van der Waals surface area contributed by atoms with E-state index in [1.807, 2.05) is 19.2 Å². The van der Waals surface area contributed by atoms with Crippen molar-refractivity contribution in [2.24, 2.45) is 5.73 Å². The number of aromatic nitrogens is 3. The highest BCUT2D eigenvalue weighted by Gasteiger charge is 2.10. The number of hydrogen-bond acceptors (Lipinski definition) is 3. The van der Waals surface area contributed by atoms with Crippen LogP contribution in [-0.2, 0) is 0 Å². The van der Waals surface area contributed by atoms with Crippen LogP contribution in [0.3, 0.4) is 0 Å². The molecule has 2 rings (SSSR count). The molecule has 2 heterocycles. The van der Waals surface area contributed by atoms with Gasteiger partial charge in [0.15, 0.2) is 0 Å². The lowest BCUT2D eigenvalue weighted by molar-refractivity contribution is 1.10. The molecular formula is C8H8N4S. The molecule has 2 aromatic heterocycles. The standard InChI is InChI=1S/C8H8N4S/c1-5-6(7(9)13)12-4-2-3-10-8(12)11-5/h2-4H,1H3,(H2,9,13). The predicted octanol–water partition coefficient (Wildman–Crippen LogP) is 0.672. The molecule has 0 amide bonds. The van der Waals surface area contributed by atoms with Gasteiger partial charge in [-0.15, -0.1) is 0 Å². The number of rotatable bonds is 1. The summed E-state index contributed by atoms with van der Waals surface area (Å²) in [6.07, 6.45) is 3.53. The summed E-state index contributed by atoms with van der Waals surface area (Å²) in [6, 6.07) is 1.82. The first-order valence-electron chi connectivity index (χ1n) is 3.79. The maximum atomic E-state index is 5.57. The lowest BCUT2D eigenvalue weighted by Gasteiger charge is -1.97. The summed E-state index contributed by atoms with van der Waals surface area (Å²) in [5.74, 6) is 0.628. The zero-order chi connectivity index (χ0) is 9.42. The Labute approximate surface area is 80.4 Å². The Morgan fingerprint density at radius 1 is 1.62 bits per heavy atom. The summed E-state index contributed by atoms with van der Waals surface area (Å²) in [5, 5.41) is 0. The van der Waals surface area contributed by atoms with E-state index in [0.29, 0.717) is 10.8 Å². The fraction of sp³-hybridized carbons (Fsp3) is 0.125. The third-order valence-electron chi connectivity index (χ3n) is 1.81. The SMILES string of the molecule is Cc1nc2ncccn2c1C(N)=S. The highest BCUT2D eigenvalue weighted by Crippen LogP contribution is 2.08. The van der Waals surface area contributed by atoms with Crippen LogP contribution in [0.2, 0.25) is 0 Å². The molecule has 4 nitrogen and oxygen atoms in total. The summed E-state index contributed by atoms with van der Waals surface area (Å²) in [4.78, 5) is 8.65. The van der Waals surface area contributed by atoms with Gasteiger partial charge >= 0.3 is 0 Å². The van der Waals surface area contributed by atoms with E-state index in [1.54, 1.807) is 10.6 Å². The van der Waals surface area contributed by atoms with E-state index >= 15 is 0 Å². The fourth-order valence-corrected chi connectivity index (χ4v) is 1.54. The van der Waals surface area contributed by atoms with Crippen molar-refractivity contribution < 1.29 is 0 Å². The molecule has 0 aromatic carbocycles. The van der Waals surface area contributed by atoms with Gasteiger partial charge in [-0.1, -0.05) is 12.2 Å². The first-order chi connectivity index (χ1) is 6.20. The molecule has 0 saturated carbocycles. The monoisotopic (exact) mass is 192 g/mol. The predicted molar refractivity (Wildman–Crippen MR) is 53.6 cm³/mol. The van der Waals surface area contributed by atoms with Crippen molar-refractivity contribution in [1.29, 1.82) is 0 Å². The van der Waals surface area contributed by atoms with Gasteiger partial charge in [0.05, 0.1) is 5.69 Å². The van der Waals surface area contributed by atoms with E-state index in [2.05, 4.69) is 9.97 Å². The highest BCUT2D eigenvalue weighted by molar-refractivity contribution is 7.80. The van der Waals surface area contributed by atoms with Gasteiger partial charge in [-0.3, -0.25) is 4.40 Å². The zero-order valence-corrected chi connectivity index (χ0v) is 7.88. The third-order valence-corrected chi connectivity index (χ3v) is 2.00. The molecule has 0 aliphatic rings. The quantitative estimate of drug-likeness (QED) is 0.675. The molecular weight excluding hydrogens is 184 g/mol. The molecule has 2 aromatic rings. The molecule has 66 valence electrons. The summed E-state index contributed by atoms with van der Waals surface area (Å²) in [6.45, 7) is 1.86. The van der Waals surface area contributed by atoms with Gasteiger partial charge in [-0.2, -0.15) is 0 Å².